The number of hydrogen-bond acceptors (Lipinski definition) is 6. The maximum Gasteiger partial charge on any atom is 0.427 e. The predicted octanol–water partition coefficient (Wildman–Crippen LogP) is 1.13. The summed E-state index contributed by atoms with van der Waals surface area (Å²) in [5.41, 5.74) is 4.69. The van der Waals surface area contributed by atoms with E-state index in [2.05, 4.69) is 26.1 Å². The van der Waals surface area contributed by atoms with Crippen LogP contribution in [0.3, 0.4) is 0 Å². The minimum atomic E-state index is -0.572. The zero-order chi connectivity index (χ0) is 14.4. The molecule has 0 spiro atoms. The Morgan fingerprint density at radius 2 is 2.15 bits per heavy atom. The predicted molar refractivity (Wildman–Crippen MR) is 71.5 cm³/mol. The monoisotopic (exact) mass is 274 g/mol. The third-order valence-corrected chi connectivity index (χ3v) is 2.49. The van der Waals surface area contributed by atoms with Gasteiger partial charge in [-0.15, -0.1) is 5.10 Å². The first-order valence-electron chi connectivity index (χ1n) is 6.01. The molecule has 8 nitrogen and oxygen atoms in total. The van der Waals surface area contributed by atoms with E-state index in [1.807, 2.05) is 24.3 Å². The molecule has 0 fully saturated rings. The Labute approximate surface area is 115 Å². The average Bonchev–Trinajstić information content (AvgIpc) is 2.99. The quantitative estimate of drug-likeness (QED) is 0.666. The molecule has 0 bridgehead atoms. The summed E-state index contributed by atoms with van der Waals surface area (Å²) in [5, 5.41) is 14.9. The van der Waals surface area contributed by atoms with Crippen molar-refractivity contribution in [1.29, 1.82) is 0 Å². The normalized spacial score (nSPS) is 11.2. The summed E-state index contributed by atoms with van der Waals surface area (Å²) in [6.45, 7) is 3.83. The minimum Gasteiger partial charge on any atom is -0.449 e. The second-order valence-corrected chi connectivity index (χ2v) is 3.83. The fraction of sp³-hybridized carbons (Fsp3) is 0.250. The van der Waals surface area contributed by atoms with Gasteiger partial charge in [-0.25, -0.2) is 14.9 Å². The van der Waals surface area contributed by atoms with Gasteiger partial charge in [0.2, 0.25) is 0 Å². The number of hydrazone groups is 1. The SMILES string of the molecule is CCOC(=O)N/N=C(/C)c1ccc(-n2cnnn2)cc1. The molecular weight excluding hydrogens is 260 g/mol. The Morgan fingerprint density at radius 1 is 1.40 bits per heavy atom. The molecule has 2 aromatic rings. The van der Waals surface area contributed by atoms with Gasteiger partial charge >= 0.3 is 6.09 Å². The molecule has 104 valence electrons. The number of amides is 1. The highest BCUT2D eigenvalue weighted by Gasteiger charge is 2.02. The summed E-state index contributed by atoms with van der Waals surface area (Å²) < 4.78 is 6.26. The van der Waals surface area contributed by atoms with Gasteiger partial charge < -0.3 is 4.74 Å². The summed E-state index contributed by atoms with van der Waals surface area (Å²) in [5.74, 6) is 0. The van der Waals surface area contributed by atoms with E-state index < -0.39 is 6.09 Å². The van der Waals surface area contributed by atoms with Crippen molar-refractivity contribution in [2.45, 2.75) is 13.8 Å². The molecule has 0 unspecified atom stereocenters. The number of ether oxygens (including phenoxy) is 1. The van der Waals surface area contributed by atoms with Crippen LogP contribution in [0.4, 0.5) is 4.79 Å². The standard InChI is InChI=1S/C12H14N6O2/c1-3-20-12(19)15-14-9(2)10-4-6-11(7-5-10)18-8-13-16-17-18/h4-8H,3H2,1-2H3,(H,15,19)/b14-9-. The first-order valence-corrected chi connectivity index (χ1v) is 6.01. The van der Waals surface area contributed by atoms with Crippen molar-refractivity contribution >= 4 is 11.8 Å². The molecule has 2 rings (SSSR count). The fourth-order valence-corrected chi connectivity index (χ4v) is 1.49. The Balaban J connectivity index is 2.06. The van der Waals surface area contributed by atoms with Crippen LogP contribution in [0.15, 0.2) is 35.7 Å². The second-order valence-electron chi connectivity index (χ2n) is 3.83. The van der Waals surface area contributed by atoms with Crippen LogP contribution < -0.4 is 5.43 Å². The second kappa shape index (κ2) is 6.41. The van der Waals surface area contributed by atoms with Gasteiger partial charge in [0, 0.05) is 0 Å². The summed E-state index contributed by atoms with van der Waals surface area (Å²) in [4.78, 5) is 11.1. The van der Waals surface area contributed by atoms with Crippen LogP contribution in [0.5, 0.6) is 0 Å². The minimum absolute atomic E-state index is 0.307. The number of hydrogen-bond donors (Lipinski definition) is 1. The molecule has 0 aliphatic carbocycles. The van der Waals surface area contributed by atoms with Gasteiger partial charge in [0.25, 0.3) is 0 Å². The lowest BCUT2D eigenvalue weighted by molar-refractivity contribution is 0.152. The Hall–Kier alpha value is -2.77. The van der Waals surface area contributed by atoms with Crippen LogP contribution in [0.25, 0.3) is 5.69 Å². The molecule has 1 N–H and O–H groups in total. The van der Waals surface area contributed by atoms with Crippen molar-refractivity contribution in [2.24, 2.45) is 5.10 Å². The molecular formula is C12H14N6O2. The highest BCUT2D eigenvalue weighted by atomic mass is 16.5. The van der Waals surface area contributed by atoms with Gasteiger partial charge in [0.1, 0.15) is 6.33 Å². The molecule has 0 radical (unpaired) electrons. The number of aromatic nitrogens is 4. The van der Waals surface area contributed by atoms with Crippen LogP contribution in [-0.4, -0.2) is 38.6 Å². The van der Waals surface area contributed by atoms with Crippen LogP contribution in [0, 0.1) is 0 Å². The fourth-order valence-electron chi connectivity index (χ4n) is 1.49. The third-order valence-electron chi connectivity index (χ3n) is 2.49. The van der Waals surface area contributed by atoms with Crippen molar-refractivity contribution in [1.82, 2.24) is 25.6 Å². The number of rotatable bonds is 4. The van der Waals surface area contributed by atoms with Crippen LogP contribution in [0.2, 0.25) is 0 Å². The number of carbonyl (C=O) groups excluding carboxylic acids is 1. The van der Waals surface area contributed by atoms with E-state index in [0.717, 1.165) is 11.3 Å². The number of nitrogens with zero attached hydrogens (tertiary/aromatic N) is 5. The highest BCUT2D eigenvalue weighted by molar-refractivity contribution is 5.99. The van der Waals surface area contributed by atoms with Crippen molar-refractivity contribution in [3.8, 4) is 5.69 Å². The van der Waals surface area contributed by atoms with Crippen molar-refractivity contribution in [2.75, 3.05) is 6.61 Å². The zero-order valence-electron chi connectivity index (χ0n) is 11.1. The molecule has 20 heavy (non-hydrogen) atoms. The molecule has 1 amide bonds. The number of benzene rings is 1. The van der Waals surface area contributed by atoms with Crippen LogP contribution in [0.1, 0.15) is 19.4 Å². The molecule has 0 aliphatic rings. The number of nitrogens with one attached hydrogen (secondary N) is 1. The van der Waals surface area contributed by atoms with Gasteiger partial charge in [0.15, 0.2) is 0 Å². The molecule has 1 aromatic heterocycles. The van der Waals surface area contributed by atoms with E-state index in [4.69, 9.17) is 4.74 Å². The van der Waals surface area contributed by atoms with Crippen LogP contribution in [-0.2, 0) is 4.74 Å². The summed E-state index contributed by atoms with van der Waals surface area (Å²) in [7, 11) is 0. The van der Waals surface area contributed by atoms with Crippen LogP contribution >= 0.6 is 0 Å². The topological polar surface area (TPSA) is 94.3 Å². The molecule has 1 aromatic carbocycles. The summed E-state index contributed by atoms with van der Waals surface area (Å²) >= 11 is 0. The summed E-state index contributed by atoms with van der Waals surface area (Å²) in [6, 6.07) is 7.44. The smallest absolute Gasteiger partial charge is 0.427 e. The first-order chi connectivity index (χ1) is 9.70. The lowest BCUT2D eigenvalue weighted by atomic mass is 10.1. The average molecular weight is 274 g/mol. The van der Waals surface area contributed by atoms with E-state index in [-0.39, 0.29) is 0 Å². The van der Waals surface area contributed by atoms with Gasteiger partial charge in [-0.1, -0.05) is 12.1 Å². The van der Waals surface area contributed by atoms with Gasteiger partial charge in [0.05, 0.1) is 18.0 Å². The lowest BCUT2D eigenvalue weighted by Gasteiger charge is -2.04. The molecule has 0 saturated carbocycles. The zero-order valence-corrected chi connectivity index (χ0v) is 11.1. The molecule has 8 heteroatoms. The summed E-state index contributed by atoms with van der Waals surface area (Å²) in [6.07, 6.45) is 0.940. The van der Waals surface area contributed by atoms with Crippen molar-refractivity contribution < 1.29 is 9.53 Å². The van der Waals surface area contributed by atoms with E-state index in [1.54, 1.807) is 18.5 Å². The molecule has 1 heterocycles. The van der Waals surface area contributed by atoms with E-state index in [1.165, 1.54) is 6.33 Å². The molecule has 0 atom stereocenters. The number of tetrazole rings is 1. The Bertz CT molecular complexity index is 591. The van der Waals surface area contributed by atoms with Gasteiger partial charge in [-0.2, -0.15) is 5.10 Å². The van der Waals surface area contributed by atoms with Crippen molar-refractivity contribution in [3.63, 3.8) is 0 Å². The molecule has 0 aliphatic heterocycles. The lowest BCUT2D eigenvalue weighted by Crippen LogP contribution is -2.20. The first kappa shape index (κ1) is 13.7. The largest absolute Gasteiger partial charge is 0.449 e. The van der Waals surface area contributed by atoms with Gasteiger partial charge in [-0.05, 0) is 42.0 Å². The van der Waals surface area contributed by atoms with E-state index in [0.29, 0.717) is 12.3 Å². The molecule has 0 saturated heterocycles. The Kier molecular flexibility index (Phi) is 4.38. The number of carbonyl (C=O) groups is 1. The highest BCUT2D eigenvalue weighted by Crippen LogP contribution is 2.08. The third kappa shape index (κ3) is 3.37. The Morgan fingerprint density at radius 3 is 2.75 bits per heavy atom. The maximum atomic E-state index is 11.1. The van der Waals surface area contributed by atoms with E-state index >= 15 is 0 Å². The maximum absolute atomic E-state index is 11.1. The van der Waals surface area contributed by atoms with Crippen molar-refractivity contribution in [3.05, 3.63) is 36.2 Å². The van der Waals surface area contributed by atoms with E-state index in [9.17, 15) is 4.79 Å². The van der Waals surface area contributed by atoms with Gasteiger partial charge in [-0.3, -0.25) is 0 Å².